The molecule has 1 heterocycles. The van der Waals surface area contributed by atoms with Crippen LogP contribution < -0.4 is 10.6 Å². The summed E-state index contributed by atoms with van der Waals surface area (Å²) in [6.45, 7) is -0.103. The van der Waals surface area contributed by atoms with E-state index in [9.17, 15) is 0 Å². The molecule has 0 fully saturated rings. The van der Waals surface area contributed by atoms with E-state index in [1.807, 2.05) is 19.0 Å². The Labute approximate surface area is 77.2 Å². The van der Waals surface area contributed by atoms with E-state index in [2.05, 4.69) is 9.97 Å². The molecule has 0 aliphatic rings. The number of aliphatic hydroxyl groups is 1. The number of aliphatic hydroxyl groups excluding tert-OH is 1. The van der Waals surface area contributed by atoms with Crippen LogP contribution in [0.4, 0.5) is 5.82 Å². The third kappa shape index (κ3) is 2.13. The summed E-state index contributed by atoms with van der Waals surface area (Å²) in [6, 6.07) is -0.418. The first kappa shape index (κ1) is 9.88. The molecule has 5 nitrogen and oxygen atoms in total. The molecule has 0 spiro atoms. The monoisotopic (exact) mass is 182 g/mol. The molecule has 1 aromatic heterocycles. The van der Waals surface area contributed by atoms with Crippen LogP contribution in [-0.2, 0) is 0 Å². The summed E-state index contributed by atoms with van der Waals surface area (Å²) >= 11 is 0. The molecule has 72 valence electrons. The highest BCUT2D eigenvalue weighted by atomic mass is 16.3. The molecule has 0 amide bonds. The van der Waals surface area contributed by atoms with Crippen molar-refractivity contribution in [2.75, 3.05) is 25.6 Å². The van der Waals surface area contributed by atoms with Crippen LogP contribution in [0.1, 0.15) is 11.6 Å². The number of rotatable bonds is 3. The Kier molecular flexibility index (Phi) is 3.16. The Balaban J connectivity index is 3.04. The highest BCUT2D eigenvalue weighted by Crippen LogP contribution is 2.18. The molecule has 1 atom stereocenters. The first-order valence-corrected chi connectivity index (χ1v) is 4.00. The standard InChI is InChI=1S/C8H14N4O/c1-12(2)8-6(7(9)4-13)3-10-5-11-8/h3,5,7,13H,4,9H2,1-2H3. The van der Waals surface area contributed by atoms with Crippen molar-refractivity contribution in [3.63, 3.8) is 0 Å². The van der Waals surface area contributed by atoms with Crippen LogP contribution >= 0.6 is 0 Å². The highest BCUT2D eigenvalue weighted by Gasteiger charge is 2.12. The van der Waals surface area contributed by atoms with Crippen molar-refractivity contribution in [2.24, 2.45) is 5.73 Å². The van der Waals surface area contributed by atoms with Crippen LogP contribution in [-0.4, -0.2) is 35.8 Å². The van der Waals surface area contributed by atoms with E-state index in [0.29, 0.717) is 0 Å². The van der Waals surface area contributed by atoms with Gasteiger partial charge in [0, 0.05) is 25.9 Å². The average Bonchev–Trinajstić information content (AvgIpc) is 2.16. The van der Waals surface area contributed by atoms with Gasteiger partial charge in [-0.3, -0.25) is 0 Å². The summed E-state index contributed by atoms with van der Waals surface area (Å²) in [7, 11) is 3.74. The third-order valence-electron chi connectivity index (χ3n) is 1.74. The second-order valence-corrected chi connectivity index (χ2v) is 2.99. The van der Waals surface area contributed by atoms with Gasteiger partial charge in [-0.1, -0.05) is 0 Å². The maximum Gasteiger partial charge on any atom is 0.136 e. The van der Waals surface area contributed by atoms with Gasteiger partial charge in [-0.15, -0.1) is 0 Å². The quantitative estimate of drug-likeness (QED) is 0.661. The fourth-order valence-corrected chi connectivity index (χ4v) is 1.07. The number of anilines is 1. The minimum atomic E-state index is -0.418. The van der Waals surface area contributed by atoms with Gasteiger partial charge in [0.25, 0.3) is 0 Å². The Morgan fingerprint density at radius 1 is 1.62 bits per heavy atom. The Bertz CT molecular complexity index is 277. The lowest BCUT2D eigenvalue weighted by Gasteiger charge is -2.17. The maximum absolute atomic E-state index is 8.90. The molecule has 1 rings (SSSR count). The summed E-state index contributed by atoms with van der Waals surface area (Å²) < 4.78 is 0. The number of nitrogens with two attached hydrogens (primary N) is 1. The SMILES string of the molecule is CN(C)c1ncncc1C(N)CO. The molecule has 1 aromatic rings. The molecule has 0 aliphatic carbocycles. The van der Waals surface area contributed by atoms with Gasteiger partial charge in [0.1, 0.15) is 12.1 Å². The van der Waals surface area contributed by atoms with Gasteiger partial charge in [0.2, 0.25) is 0 Å². The van der Waals surface area contributed by atoms with Gasteiger partial charge in [-0.2, -0.15) is 0 Å². The Morgan fingerprint density at radius 3 is 2.85 bits per heavy atom. The summed E-state index contributed by atoms with van der Waals surface area (Å²) in [5.41, 5.74) is 6.44. The molecule has 0 saturated carbocycles. The second kappa shape index (κ2) is 4.15. The first-order chi connectivity index (χ1) is 6.16. The number of hydrogen-bond acceptors (Lipinski definition) is 5. The van der Waals surface area contributed by atoms with Crippen molar-refractivity contribution in [3.8, 4) is 0 Å². The summed E-state index contributed by atoms with van der Waals surface area (Å²) in [6.07, 6.45) is 3.09. The summed E-state index contributed by atoms with van der Waals surface area (Å²) in [4.78, 5) is 9.78. The fourth-order valence-electron chi connectivity index (χ4n) is 1.07. The zero-order valence-electron chi connectivity index (χ0n) is 7.81. The molecule has 0 aromatic carbocycles. The maximum atomic E-state index is 8.90. The van der Waals surface area contributed by atoms with Crippen LogP contribution in [0, 0.1) is 0 Å². The molecular weight excluding hydrogens is 168 g/mol. The van der Waals surface area contributed by atoms with Crippen molar-refractivity contribution >= 4 is 5.82 Å². The Hall–Kier alpha value is -1.20. The van der Waals surface area contributed by atoms with Gasteiger partial charge in [-0.25, -0.2) is 9.97 Å². The smallest absolute Gasteiger partial charge is 0.136 e. The lowest BCUT2D eigenvalue weighted by atomic mass is 10.1. The minimum Gasteiger partial charge on any atom is -0.394 e. The van der Waals surface area contributed by atoms with Crippen LogP contribution in [0.3, 0.4) is 0 Å². The second-order valence-electron chi connectivity index (χ2n) is 2.99. The molecule has 1 unspecified atom stereocenters. The topological polar surface area (TPSA) is 75.3 Å². The molecule has 3 N–H and O–H groups in total. The van der Waals surface area contributed by atoms with Gasteiger partial charge in [-0.05, 0) is 0 Å². The average molecular weight is 182 g/mol. The van der Waals surface area contributed by atoms with Crippen molar-refractivity contribution in [3.05, 3.63) is 18.1 Å². The predicted octanol–water partition coefficient (Wildman–Crippen LogP) is -0.465. The van der Waals surface area contributed by atoms with Crippen molar-refractivity contribution in [1.29, 1.82) is 0 Å². The lowest BCUT2D eigenvalue weighted by molar-refractivity contribution is 0.267. The predicted molar refractivity (Wildman–Crippen MR) is 50.4 cm³/mol. The summed E-state index contributed by atoms with van der Waals surface area (Å²) in [5, 5.41) is 8.90. The van der Waals surface area contributed by atoms with Crippen molar-refractivity contribution in [2.45, 2.75) is 6.04 Å². The van der Waals surface area contributed by atoms with Gasteiger partial charge < -0.3 is 15.7 Å². The molecule has 0 bridgehead atoms. The van der Waals surface area contributed by atoms with E-state index in [1.54, 1.807) is 6.20 Å². The van der Waals surface area contributed by atoms with E-state index >= 15 is 0 Å². The van der Waals surface area contributed by atoms with E-state index in [-0.39, 0.29) is 6.61 Å². The van der Waals surface area contributed by atoms with Crippen molar-refractivity contribution in [1.82, 2.24) is 9.97 Å². The zero-order chi connectivity index (χ0) is 9.84. The third-order valence-corrected chi connectivity index (χ3v) is 1.74. The van der Waals surface area contributed by atoms with E-state index in [1.165, 1.54) is 6.33 Å². The Morgan fingerprint density at radius 2 is 2.31 bits per heavy atom. The molecule has 0 aliphatic heterocycles. The van der Waals surface area contributed by atoms with Crippen LogP contribution in [0.2, 0.25) is 0 Å². The zero-order valence-corrected chi connectivity index (χ0v) is 7.81. The molecule has 5 heteroatoms. The van der Waals surface area contributed by atoms with E-state index < -0.39 is 6.04 Å². The molecule has 0 saturated heterocycles. The lowest BCUT2D eigenvalue weighted by Crippen LogP contribution is -2.21. The number of hydrogen-bond donors (Lipinski definition) is 2. The van der Waals surface area contributed by atoms with Crippen LogP contribution in [0.25, 0.3) is 0 Å². The van der Waals surface area contributed by atoms with Gasteiger partial charge in [0.05, 0.1) is 12.6 Å². The van der Waals surface area contributed by atoms with Gasteiger partial charge >= 0.3 is 0 Å². The highest BCUT2D eigenvalue weighted by molar-refractivity contribution is 5.45. The normalized spacial score (nSPS) is 12.6. The number of aromatic nitrogens is 2. The van der Waals surface area contributed by atoms with Crippen LogP contribution in [0.5, 0.6) is 0 Å². The molecule has 13 heavy (non-hydrogen) atoms. The largest absolute Gasteiger partial charge is 0.394 e. The van der Waals surface area contributed by atoms with E-state index in [0.717, 1.165) is 11.4 Å². The molecular formula is C8H14N4O. The summed E-state index contributed by atoms with van der Waals surface area (Å²) in [5.74, 6) is 0.747. The molecule has 0 radical (unpaired) electrons. The minimum absolute atomic E-state index is 0.103. The number of nitrogens with zero attached hydrogens (tertiary/aromatic N) is 3. The van der Waals surface area contributed by atoms with Crippen LogP contribution in [0.15, 0.2) is 12.5 Å². The fraction of sp³-hybridized carbons (Fsp3) is 0.500. The van der Waals surface area contributed by atoms with Crippen molar-refractivity contribution < 1.29 is 5.11 Å². The first-order valence-electron chi connectivity index (χ1n) is 4.00. The van der Waals surface area contributed by atoms with E-state index in [4.69, 9.17) is 10.8 Å². The van der Waals surface area contributed by atoms with Gasteiger partial charge in [0.15, 0.2) is 0 Å².